The van der Waals surface area contributed by atoms with Crippen molar-refractivity contribution in [3.63, 3.8) is 0 Å². The first-order valence-electron chi connectivity index (χ1n) is 6.72. The minimum absolute atomic E-state index is 0.739. The summed E-state index contributed by atoms with van der Waals surface area (Å²) in [5, 5.41) is 3.59. The lowest BCUT2D eigenvalue weighted by Gasteiger charge is -2.26. The van der Waals surface area contributed by atoms with Crippen LogP contribution in [0, 0.1) is 11.8 Å². The van der Waals surface area contributed by atoms with Gasteiger partial charge in [0, 0.05) is 17.1 Å². The van der Waals surface area contributed by atoms with Gasteiger partial charge in [0.1, 0.15) is 0 Å². The van der Waals surface area contributed by atoms with Gasteiger partial charge in [0.15, 0.2) is 0 Å². The molecule has 0 saturated heterocycles. The predicted molar refractivity (Wildman–Crippen MR) is 82.4 cm³/mol. The number of rotatable bonds is 4. The molecule has 1 aromatic rings. The van der Waals surface area contributed by atoms with Crippen LogP contribution in [0.5, 0.6) is 0 Å². The maximum Gasteiger partial charge on any atom is 0.0351 e. The average molecular weight is 261 g/mol. The van der Waals surface area contributed by atoms with Crippen molar-refractivity contribution in [2.24, 2.45) is 11.8 Å². The molecule has 0 amide bonds. The van der Waals surface area contributed by atoms with Crippen LogP contribution in [-0.4, -0.2) is 12.8 Å². The van der Waals surface area contributed by atoms with Gasteiger partial charge in [0.25, 0.3) is 0 Å². The summed E-state index contributed by atoms with van der Waals surface area (Å²) in [5.74, 6) is 1.52. The van der Waals surface area contributed by atoms with E-state index in [0.29, 0.717) is 0 Å². The standard InChI is InChI=1S/C16H23NS/c1-12-7-13(2)9-14(8-12)11-17-15-5-4-6-16(10-15)18-3/h4-7,10,12,14,17H,8-9,11H2,1-3H3. The second-order valence-corrected chi connectivity index (χ2v) is 6.29. The third-order valence-corrected chi connectivity index (χ3v) is 4.27. The highest BCUT2D eigenvalue weighted by Gasteiger charge is 2.17. The zero-order valence-electron chi connectivity index (χ0n) is 11.6. The summed E-state index contributed by atoms with van der Waals surface area (Å²) >= 11 is 1.80. The monoisotopic (exact) mass is 261 g/mol. The largest absolute Gasteiger partial charge is 0.385 e. The van der Waals surface area contributed by atoms with E-state index in [1.54, 1.807) is 17.3 Å². The van der Waals surface area contributed by atoms with Gasteiger partial charge in [-0.1, -0.05) is 24.6 Å². The van der Waals surface area contributed by atoms with Crippen LogP contribution >= 0.6 is 11.8 Å². The van der Waals surface area contributed by atoms with Crippen molar-refractivity contribution in [1.82, 2.24) is 0 Å². The Kier molecular flexibility index (Phi) is 4.76. The van der Waals surface area contributed by atoms with E-state index in [0.717, 1.165) is 18.4 Å². The van der Waals surface area contributed by atoms with Gasteiger partial charge >= 0.3 is 0 Å². The zero-order chi connectivity index (χ0) is 13.0. The summed E-state index contributed by atoms with van der Waals surface area (Å²) < 4.78 is 0. The Balaban J connectivity index is 1.89. The quantitative estimate of drug-likeness (QED) is 0.616. The van der Waals surface area contributed by atoms with E-state index in [-0.39, 0.29) is 0 Å². The molecule has 2 rings (SSSR count). The Hall–Kier alpha value is -0.890. The number of thioether (sulfide) groups is 1. The van der Waals surface area contributed by atoms with E-state index in [2.05, 4.69) is 55.8 Å². The van der Waals surface area contributed by atoms with E-state index in [1.165, 1.54) is 23.4 Å². The molecule has 0 aromatic heterocycles. The van der Waals surface area contributed by atoms with Gasteiger partial charge in [-0.2, -0.15) is 0 Å². The van der Waals surface area contributed by atoms with Crippen molar-refractivity contribution in [3.05, 3.63) is 35.9 Å². The Morgan fingerprint density at radius 3 is 2.94 bits per heavy atom. The molecule has 2 atom stereocenters. The molecule has 0 aliphatic heterocycles. The van der Waals surface area contributed by atoms with Crippen LogP contribution in [0.25, 0.3) is 0 Å². The summed E-state index contributed by atoms with van der Waals surface area (Å²) in [6.07, 6.45) is 7.10. The normalized spacial score (nSPS) is 23.6. The molecule has 0 bridgehead atoms. The number of benzene rings is 1. The van der Waals surface area contributed by atoms with Crippen LogP contribution in [0.1, 0.15) is 26.7 Å². The molecule has 0 fully saturated rings. The fourth-order valence-electron chi connectivity index (χ4n) is 2.84. The number of hydrogen-bond acceptors (Lipinski definition) is 2. The lowest BCUT2D eigenvalue weighted by Crippen LogP contribution is -2.20. The molecule has 0 heterocycles. The van der Waals surface area contributed by atoms with Gasteiger partial charge in [-0.05, 0) is 56.1 Å². The fraction of sp³-hybridized carbons (Fsp3) is 0.500. The highest BCUT2D eigenvalue weighted by molar-refractivity contribution is 7.98. The Bertz CT molecular complexity index is 425. The first-order chi connectivity index (χ1) is 8.67. The van der Waals surface area contributed by atoms with Crippen molar-refractivity contribution in [1.29, 1.82) is 0 Å². The molecule has 0 saturated carbocycles. The van der Waals surface area contributed by atoms with E-state index in [9.17, 15) is 0 Å². The molecule has 1 nitrogen and oxygen atoms in total. The molecule has 1 N–H and O–H groups in total. The Labute approximate surface area is 115 Å². The second kappa shape index (κ2) is 6.33. The van der Waals surface area contributed by atoms with Crippen LogP contribution in [-0.2, 0) is 0 Å². The van der Waals surface area contributed by atoms with Crippen molar-refractivity contribution in [2.75, 3.05) is 18.1 Å². The van der Waals surface area contributed by atoms with Crippen LogP contribution in [0.2, 0.25) is 0 Å². The average Bonchev–Trinajstić information content (AvgIpc) is 2.35. The molecule has 18 heavy (non-hydrogen) atoms. The smallest absolute Gasteiger partial charge is 0.0351 e. The summed E-state index contributed by atoms with van der Waals surface area (Å²) in [6.45, 7) is 5.67. The molecule has 1 aromatic carbocycles. The second-order valence-electron chi connectivity index (χ2n) is 5.41. The van der Waals surface area contributed by atoms with Crippen molar-refractivity contribution in [3.8, 4) is 0 Å². The van der Waals surface area contributed by atoms with Crippen LogP contribution in [0.15, 0.2) is 40.8 Å². The topological polar surface area (TPSA) is 12.0 Å². The Morgan fingerprint density at radius 1 is 1.39 bits per heavy atom. The molecular weight excluding hydrogens is 238 g/mol. The van der Waals surface area contributed by atoms with Crippen molar-refractivity contribution in [2.45, 2.75) is 31.6 Å². The highest BCUT2D eigenvalue weighted by atomic mass is 32.2. The molecule has 2 heteroatoms. The van der Waals surface area contributed by atoms with Gasteiger partial charge in [-0.15, -0.1) is 11.8 Å². The van der Waals surface area contributed by atoms with Crippen LogP contribution < -0.4 is 5.32 Å². The third-order valence-electron chi connectivity index (χ3n) is 3.55. The van der Waals surface area contributed by atoms with E-state index in [4.69, 9.17) is 0 Å². The molecule has 2 unspecified atom stereocenters. The maximum atomic E-state index is 3.59. The first-order valence-corrected chi connectivity index (χ1v) is 7.95. The van der Waals surface area contributed by atoms with Crippen LogP contribution in [0.4, 0.5) is 5.69 Å². The third kappa shape index (κ3) is 3.81. The number of nitrogens with one attached hydrogen (secondary N) is 1. The van der Waals surface area contributed by atoms with Gasteiger partial charge in [-0.25, -0.2) is 0 Å². The van der Waals surface area contributed by atoms with E-state index in [1.807, 2.05) is 0 Å². The van der Waals surface area contributed by atoms with Gasteiger partial charge in [-0.3, -0.25) is 0 Å². The number of anilines is 1. The lowest BCUT2D eigenvalue weighted by atomic mass is 9.84. The number of hydrogen-bond donors (Lipinski definition) is 1. The molecule has 0 spiro atoms. The highest BCUT2D eigenvalue weighted by Crippen LogP contribution is 2.28. The fourth-order valence-corrected chi connectivity index (χ4v) is 3.30. The predicted octanol–water partition coefficient (Wildman–Crippen LogP) is 4.81. The van der Waals surface area contributed by atoms with E-state index < -0.39 is 0 Å². The van der Waals surface area contributed by atoms with Crippen LogP contribution in [0.3, 0.4) is 0 Å². The molecule has 98 valence electrons. The molecule has 0 radical (unpaired) electrons. The summed E-state index contributed by atoms with van der Waals surface area (Å²) in [5.41, 5.74) is 2.81. The zero-order valence-corrected chi connectivity index (χ0v) is 12.4. The summed E-state index contributed by atoms with van der Waals surface area (Å²) in [7, 11) is 0. The molecular formula is C16H23NS. The van der Waals surface area contributed by atoms with Crippen molar-refractivity contribution < 1.29 is 0 Å². The molecule has 1 aliphatic rings. The maximum absolute atomic E-state index is 3.59. The number of allylic oxidation sites excluding steroid dienone is 2. The SMILES string of the molecule is CSc1cccc(NCC2CC(C)=CC(C)C2)c1. The van der Waals surface area contributed by atoms with Gasteiger partial charge in [0.2, 0.25) is 0 Å². The van der Waals surface area contributed by atoms with E-state index >= 15 is 0 Å². The Morgan fingerprint density at radius 2 is 2.22 bits per heavy atom. The summed E-state index contributed by atoms with van der Waals surface area (Å²) in [6, 6.07) is 8.68. The first kappa shape index (κ1) is 13.5. The lowest BCUT2D eigenvalue weighted by molar-refractivity contribution is 0.421. The van der Waals surface area contributed by atoms with Gasteiger partial charge in [0.05, 0.1) is 0 Å². The minimum Gasteiger partial charge on any atom is -0.385 e. The minimum atomic E-state index is 0.739. The van der Waals surface area contributed by atoms with Gasteiger partial charge < -0.3 is 5.32 Å². The van der Waals surface area contributed by atoms with Crippen molar-refractivity contribution >= 4 is 17.4 Å². The molecule has 1 aliphatic carbocycles. The summed E-state index contributed by atoms with van der Waals surface area (Å²) in [4.78, 5) is 1.33.